The molecule has 0 aromatic heterocycles. The van der Waals surface area contributed by atoms with Gasteiger partial charge in [-0.15, -0.1) is 0 Å². The zero-order valence-electron chi connectivity index (χ0n) is 17.4. The van der Waals surface area contributed by atoms with E-state index >= 15 is 0 Å². The molecule has 2 rings (SSSR count). The molecular weight excluding hydrogens is 366 g/mol. The number of hydrogen-bond acceptors (Lipinski definition) is 4. The van der Waals surface area contributed by atoms with Crippen molar-refractivity contribution in [2.75, 3.05) is 18.5 Å². The summed E-state index contributed by atoms with van der Waals surface area (Å²) in [6.45, 7) is 5.09. The first-order valence-electron chi connectivity index (χ1n) is 10.3. The molecule has 29 heavy (non-hydrogen) atoms. The van der Waals surface area contributed by atoms with E-state index in [2.05, 4.69) is 12.2 Å². The normalized spacial score (nSPS) is 10.4. The lowest BCUT2D eigenvalue weighted by atomic mass is 10.2. The summed E-state index contributed by atoms with van der Waals surface area (Å²) in [7, 11) is 0. The first-order valence-corrected chi connectivity index (χ1v) is 10.3. The number of ether oxygens (including phenoxy) is 2. The Morgan fingerprint density at radius 2 is 1.72 bits per heavy atom. The molecule has 0 atom stereocenters. The Labute approximate surface area is 173 Å². The maximum atomic E-state index is 12.1. The maximum Gasteiger partial charge on any atom is 0.338 e. The quantitative estimate of drug-likeness (QED) is 0.378. The number of carbonyl (C=O) groups is 2. The lowest BCUT2D eigenvalue weighted by Gasteiger charge is -2.08. The lowest BCUT2D eigenvalue weighted by Crippen LogP contribution is -2.13. The van der Waals surface area contributed by atoms with E-state index in [4.69, 9.17) is 9.47 Å². The van der Waals surface area contributed by atoms with E-state index in [1.807, 2.05) is 31.2 Å². The molecule has 0 saturated carbocycles. The van der Waals surface area contributed by atoms with E-state index in [0.717, 1.165) is 37.0 Å². The number of hydrogen-bond donors (Lipinski definition) is 1. The van der Waals surface area contributed by atoms with Gasteiger partial charge in [0.2, 0.25) is 5.91 Å². The van der Waals surface area contributed by atoms with Gasteiger partial charge in [0.1, 0.15) is 5.75 Å². The average Bonchev–Trinajstić information content (AvgIpc) is 2.71. The van der Waals surface area contributed by atoms with Crippen LogP contribution in [0.3, 0.4) is 0 Å². The van der Waals surface area contributed by atoms with Crippen molar-refractivity contribution in [2.45, 2.75) is 52.4 Å². The van der Waals surface area contributed by atoms with Gasteiger partial charge in [-0.1, -0.05) is 38.3 Å². The fourth-order valence-corrected chi connectivity index (χ4v) is 2.82. The number of rotatable bonds is 12. The predicted octanol–water partition coefficient (Wildman–Crippen LogP) is 5.53. The van der Waals surface area contributed by atoms with Gasteiger partial charge in [0.15, 0.2) is 0 Å². The summed E-state index contributed by atoms with van der Waals surface area (Å²) in [6, 6.07) is 14.6. The summed E-state index contributed by atoms with van der Waals surface area (Å²) in [5.74, 6) is 0.412. The van der Waals surface area contributed by atoms with Crippen molar-refractivity contribution in [1.82, 2.24) is 0 Å². The van der Waals surface area contributed by atoms with Crippen molar-refractivity contribution in [3.63, 3.8) is 0 Å². The first-order chi connectivity index (χ1) is 14.1. The van der Waals surface area contributed by atoms with Gasteiger partial charge in [0, 0.05) is 12.1 Å². The van der Waals surface area contributed by atoms with Crippen LogP contribution in [0.25, 0.3) is 0 Å². The molecule has 2 aromatic carbocycles. The minimum atomic E-state index is -0.326. The Bertz CT molecular complexity index is 771. The molecule has 156 valence electrons. The smallest absolute Gasteiger partial charge is 0.338 e. The van der Waals surface area contributed by atoms with Crippen molar-refractivity contribution < 1.29 is 19.1 Å². The predicted molar refractivity (Wildman–Crippen MR) is 115 cm³/mol. The van der Waals surface area contributed by atoms with Crippen LogP contribution in [0.2, 0.25) is 0 Å². The van der Waals surface area contributed by atoms with Crippen molar-refractivity contribution >= 4 is 17.6 Å². The van der Waals surface area contributed by atoms with Crippen molar-refractivity contribution in [3.8, 4) is 5.75 Å². The molecule has 5 heteroatoms. The van der Waals surface area contributed by atoms with Crippen LogP contribution in [0.1, 0.15) is 61.4 Å². The Balaban J connectivity index is 1.66. The highest BCUT2D eigenvalue weighted by molar-refractivity contribution is 5.93. The topological polar surface area (TPSA) is 64.6 Å². The van der Waals surface area contributed by atoms with Crippen LogP contribution in [0, 0.1) is 6.92 Å². The number of benzene rings is 2. The van der Waals surface area contributed by atoms with Crippen molar-refractivity contribution in [3.05, 3.63) is 59.7 Å². The van der Waals surface area contributed by atoms with Crippen LogP contribution in [-0.4, -0.2) is 25.1 Å². The van der Waals surface area contributed by atoms with Crippen LogP contribution < -0.4 is 10.1 Å². The molecular formula is C24H31NO4. The van der Waals surface area contributed by atoms with E-state index in [-0.39, 0.29) is 11.9 Å². The number of esters is 1. The fraction of sp³-hybridized carbons (Fsp3) is 0.417. The number of anilines is 1. The number of unbranched alkanes of at least 4 members (excludes halogenated alkanes) is 3. The van der Waals surface area contributed by atoms with Gasteiger partial charge in [-0.2, -0.15) is 0 Å². The average molecular weight is 398 g/mol. The molecule has 1 amide bonds. The lowest BCUT2D eigenvalue weighted by molar-refractivity contribution is -0.116. The maximum absolute atomic E-state index is 12.1. The van der Waals surface area contributed by atoms with Gasteiger partial charge in [-0.25, -0.2) is 4.79 Å². The van der Waals surface area contributed by atoms with E-state index in [1.54, 1.807) is 24.3 Å². The third-order valence-electron chi connectivity index (χ3n) is 4.44. The summed E-state index contributed by atoms with van der Waals surface area (Å²) < 4.78 is 10.9. The van der Waals surface area contributed by atoms with E-state index in [1.165, 1.54) is 0 Å². The summed E-state index contributed by atoms with van der Waals surface area (Å²) in [4.78, 5) is 24.1. The van der Waals surface area contributed by atoms with Crippen LogP contribution in [-0.2, 0) is 9.53 Å². The Hall–Kier alpha value is -2.82. The van der Waals surface area contributed by atoms with Crippen LogP contribution in [0.4, 0.5) is 5.69 Å². The highest BCUT2D eigenvalue weighted by Gasteiger charge is 2.08. The largest absolute Gasteiger partial charge is 0.494 e. The van der Waals surface area contributed by atoms with Crippen LogP contribution in [0.5, 0.6) is 5.75 Å². The second kappa shape index (κ2) is 12.6. The van der Waals surface area contributed by atoms with Gasteiger partial charge in [-0.3, -0.25) is 4.79 Å². The minimum Gasteiger partial charge on any atom is -0.494 e. The highest BCUT2D eigenvalue weighted by Crippen LogP contribution is 2.14. The highest BCUT2D eigenvalue weighted by atomic mass is 16.5. The SMILES string of the molecule is CCCCCCOC(=O)c1ccc(NC(=O)CCCOc2cccc(C)c2)cc1. The molecule has 0 unspecified atom stereocenters. The third-order valence-corrected chi connectivity index (χ3v) is 4.44. The zero-order chi connectivity index (χ0) is 20.9. The monoisotopic (exact) mass is 397 g/mol. The fourth-order valence-electron chi connectivity index (χ4n) is 2.82. The third kappa shape index (κ3) is 8.81. The molecule has 0 aliphatic heterocycles. The first kappa shape index (κ1) is 22.5. The van der Waals surface area contributed by atoms with Crippen LogP contribution >= 0.6 is 0 Å². The number of aryl methyl sites for hydroxylation is 1. The van der Waals surface area contributed by atoms with Crippen molar-refractivity contribution in [2.24, 2.45) is 0 Å². The molecule has 0 spiro atoms. The van der Waals surface area contributed by atoms with E-state index in [9.17, 15) is 9.59 Å². The zero-order valence-corrected chi connectivity index (χ0v) is 17.4. The summed E-state index contributed by atoms with van der Waals surface area (Å²) >= 11 is 0. The van der Waals surface area contributed by atoms with Crippen molar-refractivity contribution in [1.29, 1.82) is 0 Å². The molecule has 0 bridgehead atoms. The number of nitrogens with one attached hydrogen (secondary N) is 1. The van der Waals surface area contributed by atoms with Gasteiger partial charge in [0.05, 0.1) is 18.8 Å². The minimum absolute atomic E-state index is 0.0795. The summed E-state index contributed by atoms with van der Waals surface area (Å²) in [6.07, 6.45) is 5.27. The van der Waals surface area contributed by atoms with E-state index < -0.39 is 0 Å². The number of amides is 1. The molecule has 2 aromatic rings. The van der Waals surface area contributed by atoms with Gasteiger partial charge < -0.3 is 14.8 Å². The standard InChI is InChI=1S/C24H31NO4/c1-3-4-5-6-16-29-24(27)20-12-14-21(15-13-20)25-23(26)11-8-17-28-22-10-7-9-19(2)18-22/h7,9-10,12-15,18H,3-6,8,11,16-17H2,1-2H3,(H,25,26). The molecule has 5 nitrogen and oxygen atoms in total. The summed E-state index contributed by atoms with van der Waals surface area (Å²) in [5.41, 5.74) is 2.29. The van der Waals surface area contributed by atoms with Crippen LogP contribution in [0.15, 0.2) is 48.5 Å². The Morgan fingerprint density at radius 3 is 2.45 bits per heavy atom. The van der Waals surface area contributed by atoms with E-state index in [0.29, 0.717) is 37.3 Å². The molecule has 0 saturated heterocycles. The molecule has 0 aliphatic carbocycles. The molecule has 0 radical (unpaired) electrons. The Morgan fingerprint density at radius 1 is 0.931 bits per heavy atom. The molecule has 0 heterocycles. The van der Waals surface area contributed by atoms with Gasteiger partial charge in [0.25, 0.3) is 0 Å². The molecule has 0 aliphatic rings. The summed E-state index contributed by atoms with van der Waals surface area (Å²) in [5, 5.41) is 2.84. The molecule has 0 fully saturated rings. The Kier molecular flexibility index (Phi) is 9.76. The second-order valence-corrected chi connectivity index (χ2v) is 7.09. The van der Waals surface area contributed by atoms with Gasteiger partial charge >= 0.3 is 5.97 Å². The molecule has 1 N–H and O–H groups in total. The van der Waals surface area contributed by atoms with Gasteiger partial charge in [-0.05, 0) is 61.7 Å². The number of carbonyl (C=O) groups excluding carboxylic acids is 2. The second-order valence-electron chi connectivity index (χ2n) is 7.09.